The van der Waals surface area contributed by atoms with Gasteiger partial charge in [0.1, 0.15) is 11.5 Å². The van der Waals surface area contributed by atoms with Gasteiger partial charge in [0, 0.05) is 12.1 Å². The maximum absolute atomic E-state index is 12.9. The molecule has 116 valence electrons. The van der Waals surface area contributed by atoms with Crippen LogP contribution in [-0.2, 0) is 0 Å². The minimum atomic E-state index is -0.611. The number of nitrogens with zero attached hydrogens (tertiary/aromatic N) is 1. The average Bonchev–Trinajstić information content (AvgIpc) is 2.51. The van der Waals surface area contributed by atoms with E-state index in [4.69, 9.17) is 0 Å². The zero-order valence-electron chi connectivity index (χ0n) is 12.4. The summed E-state index contributed by atoms with van der Waals surface area (Å²) in [5, 5.41) is 2.75. The number of carbonyl (C=O) groups is 1. The molecule has 5 nitrogen and oxygen atoms in total. The van der Waals surface area contributed by atoms with E-state index < -0.39 is 5.69 Å². The van der Waals surface area contributed by atoms with Gasteiger partial charge in [-0.3, -0.25) is 4.79 Å². The molecule has 0 spiro atoms. The second kappa shape index (κ2) is 7.49. The lowest BCUT2D eigenvalue weighted by molar-refractivity contribution is 0.0947. The predicted octanol–water partition coefficient (Wildman–Crippen LogP) is 2.50. The van der Waals surface area contributed by atoms with Crippen molar-refractivity contribution >= 4 is 5.91 Å². The lowest BCUT2D eigenvalue weighted by Crippen LogP contribution is -2.28. The molecule has 6 heteroatoms. The lowest BCUT2D eigenvalue weighted by atomic mass is 10.1. The standard InChI is InChI=1S/C16H18FN3O2/c1-2-3-4-9-18-15(21)14-10-13(19-16(22)20-14)11-5-7-12(17)8-6-11/h5-8,10H,2-4,9H2,1H3,(H,18,21)(H,19,20,22). The van der Waals surface area contributed by atoms with Crippen molar-refractivity contribution in [2.75, 3.05) is 6.54 Å². The van der Waals surface area contributed by atoms with Crippen LogP contribution in [-0.4, -0.2) is 22.4 Å². The van der Waals surface area contributed by atoms with Crippen molar-refractivity contribution in [1.82, 2.24) is 15.3 Å². The number of unbranched alkanes of at least 4 members (excludes halogenated alkanes) is 2. The Morgan fingerprint density at radius 3 is 2.68 bits per heavy atom. The number of aromatic nitrogens is 2. The van der Waals surface area contributed by atoms with E-state index in [1.807, 2.05) is 0 Å². The van der Waals surface area contributed by atoms with Crippen LogP contribution in [0.4, 0.5) is 4.39 Å². The first-order valence-corrected chi connectivity index (χ1v) is 7.25. The molecule has 1 heterocycles. The summed E-state index contributed by atoms with van der Waals surface area (Å²) in [4.78, 5) is 29.9. The topological polar surface area (TPSA) is 74.8 Å². The summed E-state index contributed by atoms with van der Waals surface area (Å²) in [5.74, 6) is -0.721. The first-order valence-electron chi connectivity index (χ1n) is 7.25. The smallest absolute Gasteiger partial charge is 0.346 e. The van der Waals surface area contributed by atoms with Gasteiger partial charge in [0.25, 0.3) is 5.91 Å². The van der Waals surface area contributed by atoms with Crippen molar-refractivity contribution in [3.63, 3.8) is 0 Å². The van der Waals surface area contributed by atoms with E-state index >= 15 is 0 Å². The molecule has 1 aromatic heterocycles. The van der Waals surface area contributed by atoms with Gasteiger partial charge in [0.15, 0.2) is 0 Å². The molecule has 0 bridgehead atoms. The van der Waals surface area contributed by atoms with Gasteiger partial charge in [-0.05, 0) is 36.8 Å². The zero-order chi connectivity index (χ0) is 15.9. The van der Waals surface area contributed by atoms with Crippen molar-refractivity contribution in [2.45, 2.75) is 26.2 Å². The van der Waals surface area contributed by atoms with E-state index in [2.05, 4.69) is 22.2 Å². The number of nitrogens with one attached hydrogen (secondary N) is 2. The van der Waals surface area contributed by atoms with Crippen LogP contribution in [0.5, 0.6) is 0 Å². The highest BCUT2D eigenvalue weighted by Gasteiger charge is 2.10. The second-order valence-corrected chi connectivity index (χ2v) is 4.96. The fourth-order valence-corrected chi connectivity index (χ4v) is 2.02. The monoisotopic (exact) mass is 303 g/mol. The molecule has 0 aliphatic carbocycles. The van der Waals surface area contributed by atoms with E-state index in [0.717, 1.165) is 19.3 Å². The maximum Gasteiger partial charge on any atom is 0.346 e. The molecule has 0 radical (unpaired) electrons. The van der Waals surface area contributed by atoms with Crippen molar-refractivity contribution < 1.29 is 9.18 Å². The third-order valence-electron chi connectivity index (χ3n) is 3.20. The SMILES string of the molecule is CCCCCNC(=O)c1cc(-c2ccc(F)cc2)nc(=O)[nH]1. The Kier molecular flexibility index (Phi) is 5.41. The van der Waals surface area contributed by atoms with Gasteiger partial charge in [-0.25, -0.2) is 9.18 Å². The van der Waals surface area contributed by atoms with Crippen LogP contribution in [0.15, 0.2) is 35.1 Å². The summed E-state index contributed by atoms with van der Waals surface area (Å²) in [5.41, 5.74) is 0.450. The molecule has 0 unspecified atom stereocenters. The van der Waals surface area contributed by atoms with Crippen molar-refractivity contribution in [1.29, 1.82) is 0 Å². The molecule has 22 heavy (non-hydrogen) atoms. The largest absolute Gasteiger partial charge is 0.351 e. The number of H-pyrrole nitrogens is 1. The lowest BCUT2D eigenvalue weighted by Gasteiger charge is -2.06. The third-order valence-corrected chi connectivity index (χ3v) is 3.20. The van der Waals surface area contributed by atoms with Crippen LogP contribution in [0.3, 0.4) is 0 Å². The summed E-state index contributed by atoms with van der Waals surface area (Å²) in [6, 6.07) is 7.08. The summed E-state index contributed by atoms with van der Waals surface area (Å²) in [6.07, 6.45) is 2.99. The van der Waals surface area contributed by atoms with E-state index in [1.54, 1.807) is 0 Å². The minimum absolute atomic E-state index is 0.149. The molecule has 0 saturated heterocycles. The summed E-state index contributed by atoms with van der Waals surface area (Å²) in [7, 11) is 0. The summed E-state index contributed by atoms with van der Waals surface area (Å²) in [6.45, 7) is 2.64. The number of benzene rings is 1. The van der Waals surface area contributed by atoms with Gasteiger partial charge >= 0.3 is 5.69 Å². The Bertz CT molecular complexity index is 695. The number of aromatic amines is 1. The van der Waals surface area contributed by atoms with E-state index in [0.29, 0.717) is 17.8 Å². The summed E-state index contributed by atoms with van der Waals surface area (Å²) < 4.78 is 12.9. The van der Waals surface area contributed by atoms with Gasteiger partial charge in [-0.2, -0.15) is 4.98 Å². The Hall–Kier alpha value is -2.50. The van der Waals surface area contributed by atoms with Gasteiger partial charge in [-0.1, -0.05) is 19.8 Å². The molecule has 1 amide bonds. The normalized spacial score (nSPS) is 10.5. The number of amides is 1. The van der Waals surface area contributed by atoms with Crippen LogP contribution in [0.25, 0.3) is 11.3 Å². The fraction of sp³-hybridized carbons (Fsp3) is 0.312. The number of hydrogen-bond donors (Lipinski definition) is 2. The summed E-state index contributed by atoms with van der Waals surface area (Å²) >= 11 is 0. The van der Waals surface area contributed by atoms with Crippen molar-refractivity contribution in [2.24, 2.45) is 0 Å². The van der Waals surface area contributed by atoms with Gasteiger partial charge in [0.05, 0.1) is 5.69 Å². The first-order chi connectivity index (χ1) is 10.6. The van der Waals surface area contributed by atoms with Crippen LogP contribution in [0, 0.1) is 5.82 Å². The highest BCUT2D eigenvalue weighted by atomic mass is 19.1. The highest BCUT2D eigenvalue weighted by molar-refractivity contribution is 5.93. The minimum Gasteiger partial charge on any atom is -0.351 e. The average molecular weight is 303 g/mol. The van der Waals surface area contributed by atoms with Gasteiger partial charge in [0.2, 0.25) is 0 Å². The Morgan fingerprint density at radius 1 is 1.27 bits per heavy atom. The van der Waals surface area contributed by atoms with E-state index in [1.165, 1.54) is 30.3 Å². The maximum atomic E-state index is 12.9. The molecule has 2 rings (SSSR count). The molecule has 1 aromatic carbocycles. The van der Waals surface area contributed by atoms with Crippen LogP contribution in [0.1, 0.15) is 36.7 Å². The molecular weight excluding hydrogens is 285 g/mol. The molecule has 0 atom stereocenters. The first kappa shape index (κ1) is 15.9. The number of carbonyl (C=O) groups excluding carboxylic acids is 1. The quantitative estimate of drug-likeness (QED) is 0.805. The molecule has 2 aromatic rings. The number of halogens is 1. The van der Waals surface area contributed by atoms with Gasteiger partial charge in [-0.15, -0.1) is 0 Å². The molecular formula is C16H18FN3O2. The molecule has 0 saturated carbocycles. The van der Waals surface area contributed by atoms with Crippen molar-refractivity contribution in [3.05, 3.63) is 52.3 Å². The Morgan fingerprint density at radius 2 is 2.00 bits per heavy atom. The number of hydrogen-bond acceptors (Lipinski definition) is 3. The predicted molar refractivity (Wildman–Crippen MR) is 82.1 cm³/mol. The third kappa shape index (κ3) is 4.25. The van der Waals surface area contributed by atoms with E-state index in [-0.39, 0.29) is 17.4 Å². The number of rotatable bonds is 6. The van der Waals surface area contributed by atoms with Crippen molar-refractivity contribution in [3.8, 4) is 11.3 Å². The highest BCUT2D eigenvalue weighted by Crippen LogP contribution is 2.16. The molecule has 0 fully saturated rings. The Labute approximate surface area is 127 Å². The van der Waals surface area contributed by atoms with Crippen LogP contribution >= 0.6 is 0 Å². The molecule has 2 N–H and O–H groups in total. The van der Waals surface area contributed by atoms with Crippen LogP contribution < -0.4 is 11.0 Å². The molecule has 0 aliphatic rings. The van der Waals surface area contributed by atoms with Gasteiger partial charge < -0.3 is 10.3 Å². The Balaban J connectivity index is 2.18. The van der Waals surface area contributed by atoms with Crippen LogP contribution in [0.2, 0.25) is 0 Å². The zero-order valence-corrected chi connectivity index (χ0v) is 12.4. The second-order valence-electron chi connectivity index (χ2n) is 4.96. The fourth-order valence-electron chi connectivity index (χ4n) is 2.02. The van der Waals surface area contributed by atoms with E-state index in [9.17, 15) is 14.0 Å². The molecule has 0 aliphatic heterocycles.